The van der Waals surface area contributed by atoms with Crippen molar-refractivity contribution in [3.05, 3.63) is 42.0 Å². The summed E-state index contributed by atoms with van der Waals surface area (Å²) in [6.07, 6.45) is 0. The van der Waals surface area contributed by atoms with E-state index in [0.29, 0.717) is 6.61 Å². The number of carbonyl (C=O) groups excluding carboxylic acids is 1. The molecular weight excluding hydrogens is 248 g/mol. The predicted molar refractivity (Wildman–Crippen MR) is 74.4 cm³/mol. The topological polar surface area (TPSA) is 26.3 Å². The van der Waals surface area contributed by atoms with E-state index in [9.17, 15) is 4.79 Å². The molecule has 18 heavy (non-hydrogen) atoms. The second-order valence-electron chi connectivity index (χ2n) is 4.23. The third-order valence-corrected chi connectivity index (χ3v) is 3.31. The van der Waals surface area contributed by atoms with Crippen LogP contribution in [-0.4, -0.2) is 11.8 Å². The van der Waals surface area contributed by atoms with Gasteiger partial charge < -0.3 is 4.74 Å². The maximum Gasteiger partial charge on any atom is 0.228 e. The lowest BCUT2D eigenvalue weighted by Crippen LogP contribution is -2.01. The lowest BCUT2D eigenvalue weighted by atomic mass is 9.99. The minimum atomic E-state index is -0.333. The number of carbonyl (C=O) groups is 1. The molecule has 0 aromatic heterocycles. The summed E-state index contributed by atoms with van der Waals surface area (Å²) in [6.45, 7) is 4.42. The first-order valence-electron chi connectivity index (χ1n) is 5.97. The van der Waals surface area contributed by atoms with Gasteiger partial charge in [0.1, 0.15) is 5.75 Å². The van der Waals surface area contributed by atoms with Crippen molar-refractivity contribution >= 4 is 27.6 Å². The maximum absolute atomic E-state index is 11.2. The summed E-state index contributed by atoms with van der Waals surface area (Å²) in [4.78, 5) is 11.2. The third kappa shape index (κ3) is 2.65. The van der Waals surface area contributed by atoms with Gasteiger partial charge in [-0.3, -0.25) is 4.79 Å². The number of hydrogen-bond acceptors (Lipinski definition) is 2. The number of rotatable bonds is 4. The molecule has 1 atom stereocenters. The molecule has 0 aliphatic heterocycles. The van der Waals surface area contributed by atoms with Crippen LogP contribution in [0.2, 0.25) is 0 Å². The highest BCUT2D eigenvalue weighted by Crippen LogP contribution is 2.26. The minimum Gasteiger partial charge on any atom is -0.494 e. The van der Waals surface area contributed by atoms with Gasteiger partial charge >= 0.3 is 0 Å². The van der Waals surface area contributed by atoms with E-state index in [4.69, 9.17) is 16.3 Å². The van der Waals surface area contributed by atoms with E-state index in [1.165, 1.54) is 0 Å². The molecule has 94 valence electrons. The molecule has 2 rings (SSSR count). The molecule has 2 nitrogen and oxygen atoms in total. The van der Waals surface area contributed by atoms with Gasteiger partial charge in [-0.2, -0.15) is 0 Å². The molecular formula is C15H15ClO2. The molecule has 0 radical (unpaired) electrons. The number of halogens is 1. The van der Waals surface area contributed by atoms with Crippen LogP contribution in [0.4, 0.5) is 0 Å². The van der Waals surface area contributed by atoms with Crippen LogP contribution in [-0.2, 0) is 4.79 Å². The summed E-state index contributed by atoms with van der Waals surface area (Å²) < 4.78 is 5.45. The lowest BCUT2D eigenvalue weighted by molar-refractivity contribution is -0.112. The first kappa shape index (κ1) is 12.9. The van der Waals surface area contributed by atoms with E-state index in [0.717, 1.165) is 22.1 Å². The summed E-state index contributed by atoms with van der Waals surface area (Å²) in [6, 6.07) is 11.8. The summed E-state index contributed by atoms with van der Waals surface area (Å²) in [5.74, 6) is 0.585. The van der Waals surface area contributed by atoms with Crippen LogP contribution < -0.4 is 4.74 Å². The smallest absolute Gasteiger partial charge is 0.228 e. The van der Waals surface area contributed by atoms with Gasteiger partial charge in [0.2, 0.25) is 5.24 Å². The fourth-order valence-corrected chi connectivity index (χ4v) is 2.03. The molecule has 2 aromatic carbocycles. The summed E-state index contributed by atoms with van der Waals surface area (Å²) in [5, 5.41) is 1.85. The number of hydrogen-bond donors (Lipinski definition) is 0. The zero-order chi connectivity index (χ0) is 13.1. The van der Waals surface area contributed by atoms with Crippen LogP contribution in [0.3, 0.4) is 0 Å². The van der Waals surface area contributed by atoms with E-state index in [1.807, 2.05) is 50.2 Å². The quantitative estimate of drug-likeness (QED) is 0.775. The van der Waals surface area contributed by atoms with Crippen molar-refractivity contribution in [3.8, 4) is 5.75 Å². The SMILES string of the molecule is CCOc1ccc2cc(C(C)C(=O)Cl)ccc2c1. The van der Waals surface area contributed by atoms with Gasteiger partial charge in [0, 0.05) is 0 Å². The highest BCUT2D eigenvalue weighted by molar-refractivity contribution is 6.64. The normalized spacial score (nSPS) is 12.4. The summed E-state index contributed by atoms with van der Waals surface area (Å²) >= 11 is 5.52. The Hall–Kier alpha value is -1.54. The van der Waals surface area contributed by atoms with E-state index in [2.05, 4.69) is 0 Å². The largest absolute Gasteiger partial charge is 0.494 e. The molecule has 1 unspecified atom stereocenters. The third-order valence-electron chi connectivity index (χ3n) is 2.99. The van der Waals surface area contributed by atoms with Crippen LogP contribution >= 0.6 is 11.6 Å². The zero-order valence-electron chi connectivity index (χ0n) is 10.4. The zero-order valence-corrected chi connectivity index (χ0v) is 11.2. The van der Waals surface area contributed by atoms with E-state index < -0.39 is 0 Å². The molecule has 0 saturated heterocycles. The van der Waals surface area contributed by atoms with Crippen molar-refractivity contribution in [2.24, 2.45) is 0 Å². The molecule has 0 amide bonds. The Labute approximate surface area is 112 Å². The summed E-state index contributed by atoms with van der Waals surface area (Å²) in [5.41, 5.74) is 0.937. The number of ether oxygens (including phenoxy) is 1. The Balaban J connectivity index is 2.41. The van der Waals surface area contributed by atoms with Crippen molar-refractivity contribution in [1.29, 1.82) is 0 Å². The first-order valence-corrected chi connectivity index (χ1v) is 6.35. The number of benzene rings is 2. The minimum absolute atomic E-state index is 0.275. The molecule has 0 N–H and O–H groups in total. The molecule has 0 bridgehead atoms. The number of fused-ring (bicyclic) bond motifs is 1. The van der Waals surface area contributed by atoms with Crippen LogP contribution in [0, 0.1) is 0 Å². The van der Waals surface area contributed by atoms with E-state index in [-0.39, 0.29) is 11.2 Å². The highest BCUT2D eigenvalue weighted by atomic mass is 35.5. The lowest BCUT2D eigenvalue weighted by Gasteiger charge is -2.09. The molecule has 0 spiro atoms. The van der Waals surface area contributed by atoms with Crippen LogP contribution in [0.1, 0.15) is 25.3 Å². The van der Waals surface area contributed by atoms with Crippen LogP contribution in [0.5, 0.6) is 5.75 Å². The molecule has 2 aromatic rings. The molecule has 0 fully saturated rings. The standard InChI is InChI=1S/C15H15ClO2/c1-3-18-14-7-6-12-8-11(10(2)15(16)17)4-5-13(12)9-14/h4-10H,3H2,1-2H3. The van der Waals surface area contributed by atoms with Gasteiger partial charge in [-0.1, -0.05) is 31.2 Å². The molecule has 0 saturated carbocycles. The van der Waals surface area contributed by atoms with Gasteiger partial charge in [0.15, 0.2) is 0 Å². The molecule has 0 aliphatic carbocycles. The van der Waals surface area contributed by atoms with Crippen molar-refractivity contribution in [3.63, 3.8) is 0 Å². The summed E-state index contributed by atoms with van der Waals surface area (Å²) in [7, 11) is 0. The fraction of sp³-hybridized carbons (Fsp3) is 0.267. The van der Waals surface area contributed by atoms with E-state index >= 15 is 0 Å². The first-order chi connectivity index (χ1) is 8.61. The average Bonchev–Trinajstić information content (AvgIpc) is 2.37. The second-order valence-corrected chi connectivity index (χ2v) is 4.60. The van der Waals surface area contributed by atoms with Gasteiger partial charge in [0.05, 0.1) is 12.5 Å². The van der Waals surface area contributed by atoms with Gasteiger partial charge in [-0.05, 0) is 47.0 Å². The van der Waals surface area contributed by atoms with Crippen molar-refractivity contribution in [2.75, 3.05) is 6.61 Å². The Bertz CT molecular complexity index is 578. The highest BCUT2D eigenvalue weighted by Gasteiger charge is 2.12. The van der Waals surface area contributed by atoms with Gasteiger partial charge in [-0.15, -0.1) is 0 Å². The maximum atomic E-state index is 11.2. The Morgan fingerprint density at radius 3 is 2.56 bits per heavy atom. The fourth-order valence-electron chi connectivity index (χ4n) is 1.90. The molecule has 0 heterocycles. The van der Waals surface area contributed by atoms with Gasteiger partial charge in [0.25, 0.3) is 0 Å². The molecule has 3 heteroatoms. The van der Waals surface area contributed by atoms with Crippen molar-refractivity contribution in [1.82, 2.24) is 0 Å². The Morgan fingerprint density at radius 2 is 1.89 bits per heavy atom. The average molecular weight is 263 g/mol. The monoisotopic (exact) mass is 262 g/mol. The van der Waals surface area contributed by atoms with Crippen LogP contribution in [0.15, 0.2) is 36.4 Å². The Kier molecular flexibility index (Phi) is 3.87. The van der Waals surface area contributed by atoms with Crippen LogP contribution in [0.25, 0.3) is 10.8 Å². The Morgan fingerprint density at radius 1 is 1.22 bits per heavy atom. The van der Waals surface area contributed by atoms with E-state index in [1.54, 1.807) is 0 Å². The molecule has 0 aliphatic rings. The predicted octanol–water partition coefficient (Wildman–Crippen LogP) is 4.11. The van der Waals surface area contributed by atoms with Crippen molar-refractivity contribution in [2.45, 2.75) is 19.8 Å². The van der Waals surface area contributed by atoms with Gasteiger partial charge in [-0.25, -0.2) is 0 Å². The van der Waals surface area contributed by atoms with Crippen molar-refractivity contribution < 1.29 is 9.53 Å². The second kappa shape index (κ2) is 5.40.